The number of hydrogen-bond donors (Lipinski definition) is 0. The van der Waals surface area contributed by atoms with Gasteiger partial charge in [-0.1, -0.05) is 54.4 Å². The van der Waals surface area contributed by atoms with Crippen LogP contribution in [0, 0.1) is 35.5 Å². The number of benzene rings is 2. The Morgan fingerprint density at radius 2 is 1.56 bits per heavy atom. The zero-order chi connectivity index (χ0) is 23.7. The number of amides is 3. The first-order valence-electron chi connectivity index (χ1n) is 11.8. The molecule has 4 aliphatic carbocycles. The summed E-state index contributed by atoms with van der Waals surface area (Å²) in [5, 5.41) is 0.627. The van der Waals surface area contributed by atoms with Gasteiger partial charge in [0.1, 0.15) is 6.67 Å². The fraction of sp³-hybridized carbons (Fsp3) is 0.370. The van der Waals surface area contributed by atoms with Gasteiger partial charge in [0.05, 0.1) is 21.9 Å². The summed E-state index contributed by atoms with van der Waals surface area (Å²) in [4.78, 5) is 43.5. The summed E-state index contributed by atoms with van der Waals surface area (Å²) >= 11 is 12.2. The summed E-state index contributed by atoms with van der Waals surface area (Å²) in [6, 6.07) is 12.3. The highest BCUT2D eigenvalue weighted by molar-refractivity contribution is 6.42. The molecule has 7 heteroatoms. The summed E-state index contributed by atoms with van der Waals surface area (Å²) in [5.74, 6) is 0.100. The first kappa shape index (κ1) is 21.9. The van der Waals surface area contributed by atoms with E-state index in [1.165, 1.54) is 15.9 Å². The molecule has 5 aliphatic rings. The lowest BCUT2D eigenvalue weighted by Crippen LogP contribution is -2.45. The predicted molar refractivity (Wildman–Crippen MR) is 131 cm³/mol. The van der Waals surface area contributed by atoms with Gasteiger partial charge in [-0.25, -0.2) is 0 Å². The van der Waals surface area contributed by atoms with E-state index in [0.717, 1.165) is 18.4 Å². The van der Waals surface area contributed by atoms with Gasteiger partial charge >= 0.3 is 0 Å². The van der Waals surface area contributed by atoms with E-state index in [-0.39, 0.29) is 53.1 Å². The maximum atomic E-state index is 13.6. The quantitative estimate of drug-likeness (QED) is 0.423. The first-order chi connectivity index (χ1) is 16.4. The molecule has 2 bridgehead atoms. The van der Waals surface area contributed by atoms with Crippen molar-refractivity contribution in [3.05, 3.63) is 75.8 Å². The number of rotatable bonds is 5. The van der Waals surface area contributed by atoms with Gasteiger partial charge in [0.15, 0.2) is 0 Å². The van der Waals surface area contributed by atoms with Gasteiger partial charge in [-0.3, -0.25) is 24.2 Å². The summed E-state index contributed by atoms with van der Waals surface area (Å²) in [6.45, 7) is 1.94. The molecule has 0 aromatic heterocycles. The molecule has 0 unspecified atom stereocenters. The Balaban J connectivity index is 1.34. The zero-order valence-corrected chi connectivity index (χ0v) is 20.2. The maximum absolute atomic E-state index is 13.6. The second-order valence-electron chi connectivity index (χ2n) is 9.78. The molecule has 5 nitrogen and oxygen atoms in total. The van der Waals surface area contributed by atoms with Crippen LogP contribution in [0.15, 0.2) is 54.6 Å². The van der Waals surface area contributed by atoms with Crippen molar-refractivity contribution < 1.29 is 14.4 Å². The van der Waals surface area contributed by atoms with Crippen molar-refractivity contribution >= 4 is 46.6 Å². The van der Waals surface area contributed by atoms with E-state index >= 15 is 0 Å². The number of halogens is 2. The van der Waals surface area contributed by atoms with E-state index in [1.54, 1.807) is 12.1 Å². The molecule has 3 fully saturated rings. The SMILES string of the molecule is CCc1ccc(N(CN2C(=O)[C@@H]3[C@H]4C=C[C@@H]([C@@H]5C[C@H]45)[C@H]3C2=O)C(=O)c2ccc(Cl)c(Cl)c2)cc1. The third kappa shape index (κ3) is 3.24. The fourth-order valence-electron chi connectivity index (χ4n) is 6.26. The molecule has 7 rings (SSSR count). The van der Waals surface area contributed by atoms with E-state index in [9.17, 15) is 14.4 Å². The lowest BCUT2D eigenvalue weighted by Gasteiger charge is -2.37. The molecule has 2 aromatic rings. The number of nitrogens with zero attached hydrogens (tertiary/aromatic N) is 2. The number of likely N-dealkylation sites (tertiary alicyclic amines) is 1. The molecule has 34 heavy (non-hydrogen) atoms. The van der Waals surface area contributed by atoms with Gasteiger partial charge in [0.25, 0.3) is 5.91 Å². The Bertz CT molecular complexity index is 1200. The van der Waals surface area contributed by atoms with Gasteiger partial charge in [-0.15, -0.1) is 0 Å². The van der Waals surface area contributed by atoms with Crippen LogP contribution in [0.3, 0.4) is 0 Å². The molecule has 6 atom stereocenters. The van der Waals surface area contributed by atoms with E-state index < -0.39 is 0 Å². The fourth-order valence-corrected chi connectivity index (χ4v) is 6.56. The monoisotopic (exact) mass is 494 g/mol. The Kier molecular flexibility index (Phi) is 5.12. The maximum Gasteiger partial charge on any atom is 0.259 e. The van der Waals surface area contributed by atoms with E-state index in [2.05, 4.69) is 19.1 Å². The van der Waals surface area contributed by atoms with Crippen molar-refractivity contribution in [1.82, 2.24) is 4.90 Å². The number of aryl methyl sites for hydroxylation is 1. The topological polar surface area (TPSA) is 57.7 Å². The smallest absolute Gasteiger partial charge is 0.259 e. The van der Waals surface area contributed by atoms with E-state index in [4.69, 9.17) is 23.2 Å². The number of carbonyl (C=O) groups is 3. The van der Waals surface area contributed by atoms with E-state index in [1.807, 2.05) is 24.3 Å². The second kappa shape index (κ2) is 7.96. The number of carbonyl (C=O) groups excluding carboxylic acids is 3. The summed E-state index contributed by atoms with van der Waals surface area (Å²) in [5.41, 5.74) is 2.09. The summed E-state index contributed by atoms with van der Waals surface area (Å²) in [6.07, 6.45) is 6.28. The van der Waals surface area contributed by atoms with Crippen molar-refractivity contribution in [3.8, 4) is 0 Å². The van der Waals surface area contributed by atoms with Crippen LogP contribution in [-0.4, -0.2) is 29.3 Å². The number of allylic oxidation sites excluding steroid dienone is 2. The summed E-state index contributed by atoms with van der Waals surface area (Å²) < 4.78 is 0. The molecule has 2 aromatic carbocycles. The molecule has 1 saturated heterocycles. The highest BCUT2D eigenvalue weighted by Crippen LogP contribution is 2.65. The van der Waals surface area contributed by atoms with Crippen LogP contribution in [0.4, 0.5) is 5.69 Å². The van der Waals surface area contributed by atoms with Gasteiger partial charge in [-0.05, 0) is 72.4 Å². The average molecular weight is 495 g/mol. The molecule has 2 saturated carbocycles. The van der Waals surface area contributed by atoms with Crippen molar-refractivity contribution in [2.24, 2.45) is 35.5 Å². The summed E-state index contributed by atoms with van der Waals surface area (Å²) in [7, 11) is 0. The lowest BCUT2D eigenvalue weighted by atomic mass is 9.63. The molecule has 0 N–H and O–H groups in total. The van der Waals surface area contributed by atoms with Gasteiger partial charge < -0.3 is 0 Å². The minimum atomic E-state index is -0.345. The predicted octanol–water partition coefficient (Wildman–Crippen LogP) is 5.21. The molecular weight excluding hydrogens is 471 g/mol. The average Bonchev–Trinajstić information content (AvgIpc) is 3.64. The van der Waals surface area contributed by atoms with Gasteiger partial charge in [0, 0.05) is 11.3 Å². The molecule has 0 radical (unpaired) electrons. The molecule has 1 heterocycles. The van der Waals surface area contributed by atoms with Crippen LogP contribution in [0.5, 0.6) is 0 Å². The minimum absolute atomic E-state index is 0.121. The Morgan fingerprint density at radius 3 is 2.12 bits per heavy atom. The largest absolute Gasteiger partial charge is 0.290 e. The van der Waals surface area contributed by atoms with Crippen LogP contribution in [-0.2, 0) is 16.0 Å². The Labute approximate surface area is 208 Å². The molecule has 174 valence electrons. The van der Waals surface area contributed by atoms with Crippen LogP contribution < -0.4 is 4.90 Å². The number of anilines is 1. The van der Waals surface area contributed by atoms with Crippen molar-refractivity contribution in [3.63, 3.8) is 0 Å². The van der Waals surface area contributed by atoms with Crippen LogP contribution in [0.2, 0.25) is 10.0 Å². The van der Waals surface area contributed by atoms with E-state index in [0.29, 0.717) is 28.1 Å². The normalized spacial score (nSPS) is 30.4. The third-order valence-corrected chi connectivity index (χ3v) is 8.84. The van der Waals surface area contributed by atoms with Crippen LogP contribution >= 0.6 is 23.2 Å². The Hall–Kier alpha value is -2.63. The molecule has 3 amide bonds. The third-order valence-electron chi connectivity index (χ3n) is 8.10. The van der Waals surface area contributed by atoms with Crippen molar-refractivity contribution in [2.75, 3.05) is 11.6 Å². The Morgan fingerprint density at radius 1 is 0.941 bits per heavy atom. The van der Waals surface area contributed by atoms with Crippen molar-refractivity contribution in [2.45, 2.75) is 19.8 Å². The highest BCUT2D eigenvalue weighted by atomic mass is 35.5. The van der Waals surface area contributed by atoms with Gasteiger partial charge in [-0.2, -0.15) is 0 Å². The number of imide groups is 1. The first-order valence-corrected chi connectivity index (χ1v) is 12.5. The number of hydrogen-bond acceptors (Lipinski definition) is 3. The van der Waals surface area contributed by atoms with Crippen LogP contribution in [0.25, 0.3) is 0 Å². The zero-order valence-electron chi connectivity index (χ0n) is 18.7. The van der Waals surface area contributed by atoms with Gasteiger partial charge in [0.2, 0.25) is 11.8 Å². The lowest BCUT2D eigenvalue weighted by molar-refractivity contribution is -0.140. The highest BCUT2D eigenvalue weighted by Gasteiger charge is 2.67. The standard InChI is InChI=1S/C27H24Cl2N2O3/c1-2-14-3-6-16(7-4-14)30(25(32)15-5-10-21(28)22(29)11-15)13-31-26(33)23-17-8-9-18(20-12-19(17)20)24(23)27(31)34/h3-11,17-20,23-24H,2,12-13H2,1H3/t17-,18-,19-,20+,23+,24+/m0/s1. The van der Waals surface area contributed by atoms with Crippen LogP contribution in [0.1, 0.15) is 29.3 Å². The second-order valence-corrected chi connectivity index (χ2v) is 10.6. The molecular formula is C27H24Cl2N2O3. The molecule has 1 aliphatic heterocycles. The molecule has 0 spiro atoms. The minimum Gasteiger partial charge on any atom is -0.290 e. The van der Waals surface area contributed by atoms with Crippen molar-refractivity contribution in [1.29, 1.82) is 0 Å².